The highest BCUT2D eigenvalue weighted by atomic mass is 16.5. The molecule has 0 unspecified atom stereocenters. The number of benzene rings is 4. The third-order valence-electron chi connectivity index (χ3n) is 8.43. The summed E-state index contributed by atoms with van der Waals surface area (Å²) in [5.41, 5.74) is 4.17. The van der Waals surface area contributed by atoms with Crippen LogP contribution in [0.15, 0.2) is 115 Å². The van der Waals surface area contributed by atoms with Gasteiger partial charge in [-0.25, -0.2) is 14.8 Å². The summed E-state index contributed by atoms with van der Waals surface area (Å²) < 4.78 is 14.3. The summed E-state index contributed by atoms with van der Waals surface area (Å²) in [4.78, 5) is 21.5. The topological polar surface area (TPSA) is 111 Å². The molecule has 9 heteroatoms. The zero-order valence-electron chi connectivity index (χ0n) is 27.5. The average molecular weight is 644 g/mol. The van der Waals surface area contributed by atoms with Crippen LogP contribution in [0.25, 0.3) is 21.9 Å². The number of nitrogens with zero attached hydrogens (tertiary/aromatic N) is 3. The van der Waals surface area contributed by atoms with Crippen LogP contribution in [0.1, 0.15) is 43.3 Å². The van der Waals surface area contributed by atoms with E-state index in [0.717, 1.165) is 44.5 Å². The van der Waals surface area contributed by atoms with E-state index in [9.17, 15) is 4.79 Å². The standard InChI is InChI=1S/C39H41N5O4/c1-4-47-26-33-42-34-35(44(33)27-38(2,3)48-25-24-40-37(45)46)31-22-14-15-23-32(31)41-36(34)43-39(28-16-8-5-9-17-28,29-18-10-6-11-19-29)30-20-12-7-13-21-30/h5-23,40H,4,24-27H2,1-3H3,(H,41,43)(H,45,46). The molecule has 246 valence electrons. The van der Waals surface area contributed by atoms with E-state index in [1.807, 2.05) is 57.2 Å². The minimum atomic E-state index is -1.08. The van der Waals surface area contributed by atoms with Gasteiger partial charge in [-0.3, -0.25) is 0 Å². The van der Waals surface area contributed by atoms with E-state index in [-0.39, 0.29) is 13.2 Å². The third-order valence-corrected chi connectivity index (χ3v) is 8.43. The van der Waals surface area contributed by atoms with Gasteiger partial charge in [-0.15, -0.1) is 0 Å². The molecule has 2 aromatic heterocycles. The number of anilines is 1. The summed E-state index contributed by atoms with van der Waals surface area (Å²) in [7, 11) is 0. The van der Waals surface area contributed by atoms with E-state index >= 15 is 0 Å². The molecule has 0 spiro atoms. The molecule has 9 nitrogen and oxygen atoms in total. The molecule has 0 radical (unpaired) electrons. The zero-order valence-corrected chi connectivity index (χ0v) is 27.5. The van der Waals surface area contributed by atoms with Crippen molar-refractivity contribution < 1.29 is 19.4 Å². The van der Waals surface area contributed by atoms with Crippen molar-refractivity contribution in [1.82, 2.24) is 19.9 Å². The monoisotopic (exact) mass is 643 g/mol. The molecule has 0 bridgehead atoms. The Balaban J connectivity index is 1.57. The van der Waals surface area contributed by atoms with Gasteiger partial charge in [0.15, 0.2) is 5.82 Å². The summed E-state index contributed by atoms with van der Waals surface area (Å²) in [6, 6.07) is 39.4. The maximum atomic E-state index is 11.0. The lowest BCUT2D eigenvalue weighted by Gasteiger charge is -2.37. The van der Waals surface area contributed by atoms with Gasteiger partial charge in [0.2, 0.25) is 0 Å². The number of para-hydroxylation sites is 1. The summed E-state index contributed by atoms with van der Waals surface area (Å²) in [6.45, 7) is 7.67. The number of imidazole rings is 1. The first-order valence-corrected chi connectivity index (χ1v) is 16.2. The molecule has 48 heavy (non-hydrogen) atoms. The molecular weight excluding hydrogens is 602 g/mol. The van der Waals surface area contributed by atoms with E-state index in [1.165, 1.54) is 0 Å². The van der Waals surface area contributed by atoms with Gasteiger partial charge in [-0.2, -0.15) is 0 Å². The quantitative estimate of drug-likeness (QED) is 0.0829. The molecule has 6 rings (SSSR count). The van der Waals surface area contributed by atoms with Crippen LogP contribution in [0.5, 0.6) is 0 Å². The van der Waals surface area contributed by atoms with Crippen molar-refractivity contribution in [1.29, 1.82) is 0 Å². The minimum absolute atomic E-state index is 0.191. The number of carbonyl (C=O) groups is 1. The Morgan fingerprint density at radius 3 is 1.94 bits per heavy atom. The molecule has 0 fully saturated rings. The number of amides is 1. The molecule has 0 saturated carbocycles. The van der Waals surface area contributed by atoms with Crippen molar-refractivity contribution in [2.75, 3.05) is 25.1 Å². The molecule has 1 amide bonds. The van der Waals surface area contributed by atoms with Crippen molar-refractivity contribution in [3.05, 3.63) is 138 Å². The number of pyridine rings is 1. The van der Waals surface area contributed by atoms with Crippen LogP contribution in [-0.2, 0) is 28.2 Å². The summed E-state index contributed by atoms with van der Waals surface area (Å²) in [5, 5.41) is 16.3. The number of aromatic nitrogens is 3. The van der Waals surface area contributed by atoms with Gasteiger partial charge in [0.1, 0.15) is 23.5 Å². The van der Waals surface area contributed by atoms with E-state index in [1.54, 1.807) is 0 Å². The smallest absolute Gasteiger partial charge is 0.404 e. The number of hydrogen-bond donors (Lipinski definition) is 3. The van der Waals surface area contributed by atoms with Gasteiger partial charge in [0.25, 0.3) is 0 Å². The predicted molar refractivity (Wildman–Crippen MR) is 189 cm³/mol. The molecule has 3 N–H and O–H groups in total. The SMILES string of the molecule is CCOCc1nc2c(NC(c3ccccc3)(c3ccccc3)c3ccccc3)nc3ccccc3c2n1CC(C)(C)OCCNC(=O)O. The molecule has 0 aliphatic rings. The van der Waals surface area contributed by atoms with Crippen molar-refractivity contribution in [3.63, 3.8) is 0 Å². The highest BCUT2D eigenvalue weighted by molar-refractivity contribution is 6.07. The molecule has 0 atom stereocenters. The number of nitrogens with one attached hydrogen (secondary N) is 2. The van der Waals surface area contributed by atoms with E-state index < -0.39 is 17.2 Å². The van der Waals surface area contributed by atoms with Crippen LogP contribution < -0.4 is 10.6 Å². The first kappa shape index (κ1) is 32.7. The lowest BCUT2D eigenvalue weighted by Crippen LogP contribution is -2.38. The zero-order chi connectivity index (χ0) is 33.6. The average Bonchev–Trinajstić information content (AvgIpc) is 3.46. The number of hydrogen-bond acceptors (Lipinski definition) is 6. The Kier molecular flexibility index (Phi) is 9.70. The number of ether oxygens (including phenoxy) is 2. The van der Waals surface area contributed by atoms with Crippen molar-refractivity contribution in [2.24, 2.45) is 0 Å². The van der Waals surface area contributed by atoms with Crippen LogP contribution in [-0.4, -0.2) is 51.1 Å². The summed E-state index contributed by atoms with van der Waals surface area (Å²) in [5.74, 6) is 1.39. The van der Waals surface area contributed by atoms with Crippen LogP contribution in [0.2, 0.25) is 0 Å². The van der Waals surface area contributed by atoms with Crippen LogP contribution in [0.4, 0.5) is 10.6 Å². The number of fused-ring (bicyclic) bond motifs is 3. The fourth-order valence-electron chi connectivity index (χ4n) is 6.31. The summed E-state index contributed by atoms with van der Waals surface area (Å²) >= 11 is 0. The van der Waals surface area contributed by atoms with E-state index in [0.29, 0.717) is 25.6 Å². The molecule has 2 heterocycles. The van der Waals surface area contributed by atoms with Crippen LogP contribution in [0, 0.1) is 0 Å². The Labute approximate surface area is 280 Å². The molecule has 6 aromatic rings. The number of rotatable bonds is 14. The molecule has 0 aliphatic carbocycles. The fraction of sp³-hybridized carbons (Fsp3) is 0.256. The maximum absolute atomic E-state index is 11.0. The van der Waals surface area contributed by atoms with Gasteiger partial charge in [0, 0.05) is 18.5 Å². The molecular formula is C39H41N5O4. The molecule has 0 aliphatic heterocycles. The van der Waals surface area contributed by atoms with E-state index in [4.69, 9.17) is 24.5 Å². The Morgan fingerprint density at radius 2 is 1.38 bits per heavy atom. The van der Waals surface area contributed by atoms with E-state index in [2.05, 4.69) is 94.1 Å². The number of carboxylic acid groups (broad SMARTS) is 1. The lowest BCUT2D eigenvalue weighted by atomic mass is 9.77. The van der Waals surface area contributed by atoms with Crippen molar-refractivity contribution in [2.45, 2.75) is 45.1 Å². The van der Waals surface area contributed by atoms with Gasteiger partial charge >= 0.3 is 6.09 Å². The maximum Gasteiger partial charge on any atom is 0.404 e. The lowest BCUT2D eigenvalue weighted by molar-refractivity contribution is -0.0278. The van der Waals surface area contributed by atoms with Gasteiger partial charge in [-0.05, 0) is 43.5 Å². The summed E-state index contributed by atoms with van der Waals surface area (Å²) in [6.07, 6.45) is -1.08. The Bertz CT molecular complexity index is 1880. The van der Waals surface area contributed by atoms with Gasteiger partial charge in [-0.1, -0.05) is 109 Å². The normalized spacial score (nSPS) is 12.0. The van der Waals surface area contributed by atoms with Crippen LogP contribution in [0.3, 0.4) is 0 Å². The first-order chi connectivity index (χ1) is 23.3. The molecule has 0 saturated heterocycles. The third kappa shape index (κ3) is 6.74. The molecule has 4 aromatic carbocycles. The second kappa shape index (κ2) is 14.3. The minimum Gasteiger partial charge on any atom is -0.465 e. The van der Waals surface area contributed by atoms with Gasteiger partial charge < -0.3 is 29.8 Å². The Morgan fingerprint density at radius 1 is 0.812 bits per heavy atom. The Hall–Kier alpha value is -5.25. The second-order valence-electron chi connectivity index (χ2n) is 12.2. The first-order valence-electron chi connectivity index (χ1n) is 16.2. The highest BCUT2D eigenvalue weighted by Gasteiger charge is 2.38. The fourth-order valence-corrected chi connectivity index (χ4v) is 6.31. The van der Waals surface area contributed by atoms with Gasteiger partial charge in [0.05, 0.1) is 29.8 Å². The second-order valence-corrected chi connectivity index (χ2v) is 12.2. The predicted octanol–water partition coefficient (Wildman–Crippen LogP) is 7.59. The highest BCUT2D eigenvalue weighted by Crippen LogP contribution is 2.42. The van der Waals surface area contributed by atoms with Crippen molar-refractivity contribution >= 4 is 33.8 Å². The van der Waals surface area contributed by atoms with Crippen molar-refractivity contribution in [3.8, 4) is 0 Å². The largest absolute Gasteiger partial charge is 0.465 e. The van der Waals surface area contributed by atoms with Crippen LogP contribution >= 0.6 is 0 Å².